The molecular weight excluding hydrogens is 486 g/mol. The summed E-state index contributed by atoms with van der Waals surface area (Å²) in [5.74, 6) is -0.724. The summed E-state index contributed by atoms with van der Waals surface area (Å²) in [6.07, 6.45) is 5.62. The third-order valence-corrected chi connectivity index (χ3v) is 6.12. The van der Waals surface area contributed by atoms with Crippen LogP contribution in [0.4, 0.5) is 4.39 Å². The third kappa shape index (κ3) is 4.10. The molecule has 0 spiro atoms. The Morgan fingerprint density at radius 3 is 2.45 bits per heavy atom. The molecule has 2 aromatic heterocycles. The van der Waals surface area contributed by atoms with Crippen molar-refractivity contribution >= 4 is 57.7 Å². The van der Waals surface area contributed by atoms with Crippen molar-refractivity contribution in [3.05, 3.63) is 80.1 Å². The highest BCUT2D eigenvalue weighted by Gasteiger charge is 2.36. The minimum atomic E-state index is -1.99. The van der Waals surface area contributed by atoms with Crippen LogP contribution >= 0.6 is 34.8 Å². The van der Waals surface area contributed by atoms with E-state index in [-0.39, 0.29) is 32.6 Å². The van der Waals surface area contributed by atoms with Gasteiger partial charge >= 0.3 is 0 Å². The van der Waals surface area contributed by atoms with E-state index in [1.807, 2.05) is 44.2 Å². The van der Waals surface area contributed by atoms with Crippen LogP contribution in [0.2, 0.25) is 15.1 Å². The van der Waals surface area contributed by atoms with Gasteiger partial charge in [-0.2, -0.15) is 0 Å². The highest BCUT2D eigenvalue weighted by molar-refractivity contribution is 6.42. The van der Waals surface area contributed by atoms with E-state index in [1.165, 1.54) is 30.5 Å². The van der Waals surface area contributed by atoms with Gasteiger partial charge in [0.2, 0.25) is 0 Å². The molecule has 4 nitrogen and oxygen atoms in total. The van der Waals surface area contributed by atoms with Crippen LogP contribution in [-0.2, 0) is 5.67 Å². The van der Waals surface area contributed by atoms with Gasteiger partial charge in [0.15, 0.2) is 11.4 Å². The molecule has 0 amide bonds. The SMILES string of the molecule is C/C=C/c1cccc2c1c(C)cn2C(=O)c1c(-c2c(Cl)cc(Cl)cc2Cl)noc1C(C)(C)F. The van der Waals surface area contributed by atoms with Crippen molar-refractivity contribution in [2.45, 2.75) is 33.4 Å². The molecule has 4 aromatic rings. The standard InChI is InChI=1S/C25H20Cl3FN2O2/c1-5-7-14-8-6-9-18-19(14)13(2)12-31(18)24(32)21-22(30-33-23(21)25(3,4)29)20-16(27)10-15(26)11-17(20)28/h5-12H,1-4H3/b7-5+. The monoisotopic (exact) mass is 504 g/mol. The van der Waals surface area contributed by atoms with Crippen molar-refractivity contribution in [1.82, 2.24) is 9.72 Å². The lowest BCUT2D eigenvalue weighted by Crippen LogP contribution is -2.18. The Balaban J connectivity index is 2.02. The maximum Gasteiger partial charge on any atom is 0.268 e. The molecule has 0 radical (unpaired) electrons. The fourth-order valence-electron chi connectivity index (χ4n) is 3.96. The number of fused-ring (bicyclic) bond motifs is 1. The van der Waals surface area contributed by atoms with Crippen molar-refractivity contribution < 1.29 is 13.7 Å². The van der Waals surface area contributed by atoms with Crippen LogP contribution in [0.15, 0.2) is 47.1 Å². The fourth-order valence-corrected chi connectivity index (χ4v) is 4.95. The summed E-state index contributed by atoms with van der Waals surface area (Å²) in [5, 5.41) is 5.59. The summed E-state index contributed by atoms with van der Waals surface area (Å²) in [5.41, 5.74) is 0.797. The van der Waals surface area contributed by atoms with Crippen LogP contribution in [-0.4, -0.2) is 15.6 Å². The molecule has 8 heteroatoms. The zero-order valence-electron chi connectivity index (χ0n) is 18.3. The summed E-state index contributed by atoms with van der Waals surface area (Å²) >= 11 is 18.8. The van der Waals surface area contributed by atoms with Crippen molar-refractivity contribution in [2.24, 2.45) is 0 Å². The normalized spacial score (nSPS) is 12.2. The topological polar surface area (TPSA) is 48.0 Å². The largest absolute Gasteiger partial charge is 0.356 e. The van der Waals surface area contributed by atoms with Gasteiger partial charge in [0, 0.05) is 22.2 Å². The van der Waals surface area contributed by atoms with Gasteiger partial charge in [0.1, 0.15) is 11.3 Å². The Morgan fingerprint density at radius 1 is 1.18 bits per heavy atom. The Kier molecular flexibility index (Phi) is 6.16. The first-order valence-corrected chi connectivity index (χ1v) is 11.3. The number of nitrogens with zero attached hydrogens (tertiary/aromatic N) is 2. The number of allylic oxidation sites excluding steroid dienone is 1. The van der Waals surface area contributed by atoms with E-state index in [0.717, 1.165) is 16.5 Å². The summed E-state index contributed by atoms with van der Waals surface area (Å²) in [6.45, 7) is 6.43. The molecule has 170 valence electrons. The zero-order chi connectivity index (χ0) is 24.1. The second kappa shape index (κ2) is 8.64. The second-order valence-corrected chi connectivity index (χ2v) is 9.43. The fraction of sp³-hybridized carbons (Fsp3) is 0.200. The number of hydrogen-bond acceptors (Lipinski definition) is 3. The molecular formula is C25H20Cl3FN2O2. The van der Waals surface area contributed by atoms with Gasteiger partial charge in [-0.1, -0.05) is 64.2 Å². The van der Waals surface area contributed by atoms with Gasteiger partial charge in [-0.3, -0.25) is 9.36 Å². The Hall–Kier alpha value is -2.60. The molecule has 0 fully saturated rings. The van der Waals surface area contributed by atoms with Gasteiger partial charge < -0.3 is 4.52 Å². The van der Waals surface area contributed by atoms with Gasteiger partial charge in [0.25, 0.3) is 5.91 Å². The van der Waals surface area contributed by atoms with Crippen LogP contribution < -0.4 is 0 Å². The van der Waals surface area contributed by atoms with Crippen molar-refractivity contribution in [3.8, 4) is 11.3 Å². The predicted octanol–water partition coefficient (Wildman–Crippen LogP) is 8.49. The molecule has 2 heterocycles. The molecule has 2 aromatic carbocycles. The molecule has 0 aliphatic heterocycles. The van der Waals surface area contributed by atoms with E-state index in [1.54, 1.807) is 6.20 Å². The first-order valence-electron chi connectivity index (χ1n) is 10.2. The molecule has 0 N–H and O–H groups in total. The van der Waals surface area contributed by atoms with Gasteiger partial charge in [-0.25, -0.2) is 4.39 Å². The number of benzene rings is 2. The number of rotatable bonds is 4. The molecule has 0 saturated carbocycles. The number of aryl methyl sites for hydroxylation is 1. The molecule has 0 saturated heterocycles. The molecule has 0 bridgehead atoms. The van der Waals surface area contributed by atoms with Crippen molar-refractivity contribution in [1.29, 1.82) is 0 Å². The van der Waals surface area contributed by atoms with E-state index in [2.05, 4.69) is 5.16 Å². The first kappa shape index (κ1) is 23.6. The molecule has 0 atom stereocenters. The number of halogens is 4. The van der Waals surface area contributed by atoms with Crippen molar-refractivity contribution in [2.75, 3.05) is 0 Å². The lowest BCUT2D eigenvalue weighted by atomic mass is 9.98. The van der Waals surface area contributed by atoms with Crippen LogP contribution in [0.25, 0.3) is 28.2 Å². The van der Waals surface area contributed by atoms with Crippen molar-refractivity contribution in [3.63, 3.8) is 0 Å². The number of carbonyl (C=O) groups is 1. The zero-order valence-corrected chi connectivity index (χ0v) is 20.6. The summed E-state index contributed by atoms with van der Waals surface area (Å²) in [4.78, 5) is 13.9. The second-order valence-electron chi connectivity index (χ2n) is 8.18. The molecule has 33 heavy (non-hydrogen) atoms. The van der Waals surface area contributed by atoms with Gasteiger partial charge in [0.05, 0.1) is 15.6 Å². The minimum absolute atomic E-state index is 0.0523. The van der Waals surface area contributed by atoms with E-state index in [0.29, 0.717) is 10.5 Å². The highest BCUT2D eigenvalue weighted by atomic mass is 35.5. The van der Waals surface area contributed by atoms with Gasteiger partial charge in [-0.15, -0.1) is 0 Å². The molecule has 0 unspecified atom stereocenters. The number of aromatic nitrogens is 2. The van der Waals surface area contributed by atoms with Crippen LogP contribution in [0, 0.1) is 6.92 Å². The highest BCUT2D eigenvalue weighted by Crippen LogP contribution is 2.42. The van der Waals surface area contributed by atoms with E-state index in [4.69, 9.17) is 39.3 Å². The third-order valence-electron chi connectivity index (χ3n) is 5.31. The summed E-state index contributed by atoms with van der Waals surface area (Å²) in [7, 11) is 0. The van der Waals surface area contributed by atoms with E-state index < -0.39 is 11.6 Å². The average molecular weight is 506 g/mol. The number of carbonyl (C=O) groups excluding carboxylic acids is 1. The first-order chi connectivity index (χ1) is 15.5. The molecule has 0 aliphatic rings. The van der Waals surface area contributed by atoms with E-state index in [9.17, 15) is 4.79 Å². The lowest BCUT2D eigenvalue weighted by Gasteiger charge is -2.14. The van der Waals surface area contributed by atoms with E-state index >= 15 is 4.39 Å². The quantitative estimate of drug-likeness (QED) is 0.279. The number of hydrogen-bond donors (Lipinski definition) is 0. The lowest BCUT2D eigenvalue weighted by molar-refractivity contribution is 0.0949. The van der Waals surface area contributed by atoms with Crippen LogP contribution in [0.3, 0.4) is 0 Å². The van der Waals surface area contributed by atoms with Crippen LogP contribution in [0.5, 0.6) is 0 Å². The molecule has 0 aliphatic carbocycles. The van der Waals surface area contributed by atoms with Crippen LogP contribution in [0.1, 0.15) is 48.0 Å². The maximum atomic E-state index is 15.1. The Labute approximate surface area is 205 Å². The Bertz CT molecular complexity index is 1400. The summed E-state index contributed by atoms with van der Waals surface area (Å²) in [6, 6.07) is 8.63. The number of alkyl halides is 1. The molecule has 4 rings (SSSR count). The maximum absolute atomic E-state index is 15.1. The Morgan fingerprint density at radius 2 is 1.85 bits per heavy atom. The smallest absolute Gasteiger partial charge is 0.268 e. The predicted molar refractivity (Wildman–Crippen MR) is 132 cm³/mol. The average Bonchev–Trinajstić information content (AvgIpc) is 3.29. The minimum Gasteiger partial charge on any atom is -0.356 e. The summed E-state index contributed by atoms with van der Waals surface area (Å²) < 4.78 is 22.0. The van der Waals surface area contributed by atoms with Gasteiger partial charge in [-0.05, 0) is 57.0 Å².